The smallest absolute Gasteiger partial charge is 0.00917 e. The second-order valence-electron chi connectivity index (χ2n) is 3.68. The van der Waals surface area contributed by atoms with E-state index in [1.807, 2.05) is 0 Å². The highest BCUT2D eigenvalue weighted by atomic mass is 14.1. The van der Waals surface area contributed by atoms with Crippen molar-refractivity contribution >= 4 is 0 Å². The fourth-order valence-electron chi connectivity index (χ4n) is 1.95. The molecule has 0 spiro atoms. The van der Waals surface area contributed by atoms with Crippen LogP contribution in [0.25, 0.3) is 0 Å². The van der Waals surface area contributed by atoms with Crippen LogP contribution in [0.5, 0.6) is 0 Å². The predicted molar refractivity (Wildman–Crippen MR) is 57.5 cm³/mol. The van der Waals surface area contributed by atoms with Gasteiger partial charge in [-0.05, 0) is 43.3 Å². The first kappa shape index (κ1) is 8.55. The van der Waals surface area contributed by atoms with Crippen LogP contribution in [-0.4, -0.2) is 0 Å². The maximum Gasteiger partial charge on any atom is -0.00917 e. The lowest BCUT2D eigenvalue weighted by molar-refractivity contribution is 0.703. The van der Waals surface area contributed by atoms with Gasteiger partial charge in [0.05, 0.1) is 0 Å². The molecule has 0 saturated carbocycles. The van der Waals surface area contributed by atoms with Crippen LogP contribution in [0.1, 0.15) is 32.1 Å². The molecular formula is C13H16. The summed E-state index contributed by atoms with van der Waals surface area (Å²) in [6.07, 6.45) is 19.7. The van der Waals surface area contributed by atoms with E-state index in [0.29, 0.717) is 0 Å². The van der Waals surface area contributed by atoms with E-state index in [1.165, 1.54) is 31.3 Å². The van der Waals surface area contributed by atoms with Gasteiger partial charge in [0.15, 0.2) is 0 Å². The fraction of sp³-hybridized carbons (Fsp3) is 0.385. The van der Waals surface area contributed by atoms with Crippen LogP contribution in [-0.2, 0) is 0 Å². The summed E-state index contributed by atoms with van der Waals surface area (Å²) in [6.45, 7) is 0. The Kier molecular flexibility index (Phi) is 2.81. The molecule has 68 valence electrons. The van der Waals surface area contributed by atoms with Gasteiger partial charge in [0.2, 0.25) is 0 Å². The molecule has 0 aromatic rings. The Balaban J connectivity index is 2.15. The Morgan fingerprint density at radius 1 is 0.923 bits per heavy atom. The van der Waals surface area contributed by atoms with E-state index in [0.717, 1.165) is 6.42 Å². The average molecular weight is 172 g/mol. The zero-order valence-corrected chi connectivity index (χ0v) is 8.00. The third kappa shape index (κ3) is 2.21. The van der Waals surface area contributed by atoms with Crippen molar-refractivity contribution in [1.82, 2.24) is 0 Å². The molecule has 0 heteroatoms. The highest BCUT2D eigenvalue weighted by molar-refractivity contribution is 5.38. The Bertz CT molecular complexity index is 287. The normalized spacial score (nSPS) is 22.2. The second kappa shape index (κ2) is 4.27. The van der Waals surface area contributed by atoms with Crippen LogP contribution in [0, 0.1) is 0 Å². The number of hydrogen-bond acceptors (Lipinski definition) is 0. The molecule has 0 bridgehead atoms. The van der Waals surface area contributed by atoms with Crippen molar-refractivity contribution in [3.05, 3.63) is 47.6 Å². The van der Waals surface area contributed by atoms with Crippen LogP contribution in [0.15, 0.2) is 47.6 Å². The summed E-state index contributed by atoms with van der Waals surface area (Å²) < 4.78 is 0. The Labute approximate surface area is 80.3 Å². The molecule has 2 aliphatic carbocycles. The minimum atomic E-state index is 1.11. The van der Waals surface area contributed by atoms with Gasteiger partial charge in [-0.2, -0.15) is 0 Å². The van der Waals surface area contributed by atoms with Gasteiger partial charge in [-0.3, -0.25) is 0 Å². The summed E-state index contributed by atoms with van der Waals surface area (Å²) in [5.74, 6) is 0. The summed E-state index contributed by atoms with van der Waals surface area (Å²) >= 11 is 0. The molecule has 0 nitrogen and oxygen atoms in total. The van der Waals surface area contributed by atoms with Gasteiger partial charge in [0.25, 0.3) is 0 Å². The van der Waals surface area contributed by atoms with Crippen molar-refractivity contribution in [3.63, 3.8) is 0 Å². The van der Waals surface area contributed by atoms with Crippen molar-refractivity contribution < 1.29 is 0 Å². The summed E-state index contributed by atoms with van der Waals surface area (Å²) in [7, 11) is 0. The van der Waals surface area contributed by atoms with Gasteiger partial charge in [0.1, 0.15) is 0 Å². The van der Waals surface area contributed by atoms with Crippen molar-refractivity contribution in [2.75, 3.05) is 0 Å². The SMILES string of the molecule is C1=CC=C(C2=CCCCC2)CC=C1. The van der Waals surface area contributed by atoms with Crippen LogP contribution in [0.2, 0.25) is 0 Å². The maximum absolute atomic E-state index is 2.42. The van der Waals surface area contributed by atoms with Gasteiger partial charge < -0.3 is 0 Å². The van der Waals surface area contributed by atoms with E-state index in [9.17, 15) is 0 Å². The van der Waals surface area contributed by atoms with Gasteiger partial charge in [-0.1, -0.05) is 36.5 Å². The first-order valence-electron chi connectivity index (χ1n) is 5.18. The molecule has 2 aliphatic rings. The third-order valence-corrected chi connectivity index (χ3v) is 2.70. The largest absolute Gasteiger partial charge is 0.0810 e. The lowest BCUT2D eigenvalue weighted by Crippen LogP contribution is -1.94. The highest BCUT2D eigenvalue weighted by Crippen LogP contribution is 2.26. The Morgan fingerprint density at radius 2 is 1.92 bits per heavy atom. The van der Waals surface area contributed by atoms with E-state index in [-0.39, 0.29) is 0 Å². The highest BCUT2D eigenvalue weighted by Gasteiger charge is 2.07. The lowest BCUT2D eigenvalue weighted by atomic mass is 9.92. The average Bonchev–Trinajstić information content (AvgIpc) is 2.47. The predicted octanol–water partition coefficient (Wildman–Crippen LogP) is 3.93. The molecule has 0 fully saturated rings. The first-order valence-corrected chi connectivity index (χ1v) is 5.18. The van der Waals surface area contributed by atoms with E-state index in [4.69, 9.17) is 0 Å². The molecule has 2 rings (SSSR count). The van der Waals surface area contributed by atoms with Gasteiger partial charge >= 0.3 is 0 Å². The molecule has 0 aromatic heterocycles. The monoisotopic (exact) mass is 172 g/mol. The quantitative estimate of drug-likeness (QED) is 0.562. The van der Waals surface area contributed by atoms with Crippen molar-refractivity contribution in [3.8, 4) is 0 Å². The first-order chi connectivity index (χ1) is 6.47. The van der Waals surface area contributed by atoms with Crippen LogP contribution >= 0.6 is 0 Å². The summed E-state index contributed by atoms with van der Waals surface area (Å²) in [6, 6.07) is 0. The number of rotatable bonds is 1. The summed E-state index contributed by atoms with van der Waals surface area (Å²) in [4.78, 5) is 0. The molecule has 13 heavy (non-hydrogen) atoms. The van der Waals surface area contributed by atoms with E-state index >= 15 is 0 Å². The number of hydrogen-bond donors (Lipinski definition) is 0. The van der Waals surface area contributed by atoms with Crippen LogP contribution < -0.4 is 0 Å². The van der Waals surface area contributed by atoms with Crippen molar-refractivity contribution in [2.24, 2.45) is 0 Å². The minimum absolute atomic E-state index is 1.11. The van der Waals surface area contributed by atoms with E-state index < -0.39 is 0 Å². The van der Waals surface area contributed by atoms with E-state index in [1.54, 1.807) is 5.57 Å². The Hall–Kier alpha value is -1.04. The van der Waals surface area contributed by atoms with Crippen molar-refractivity contribution in [2.45, 2.75) is 32.1 Å². The zero-order valence-electron chi connectivity index (χ0n) is 8.00. The van der Waals surface area contributed by atoms with Crippen LogP contribution in [0.3, 0.4) is 0 Å². The minimum Gasteiger partial charge on any atom is -0.0810 e. The Morgan fingerprint density at radius 3 is 2.77 bits per heavy atom. The van der Waals surface area contributed by atoms with Gasteiger partial charge in [0, 0.05) is 0 Å². The molecule has 0 atom stereocenters. The molecule has 0 N–H and O–H groups in total. The third-order valence-electron chi connectivity index (χ3n) is 2.70. The summed E-state index contributed by atoms with van der Waals surface area (Å²) in [5.41, 5.74) is 3.10. The molecule has 0 heterocycles. The van der Waals surface area contributed by atoms with Crippen molar-refractivity contribution in [1.29, 1.82) is 0 Å². The molecular weight excluding hydrogens is 156 g/mol. The molecule has 0 aliphatic heterocycles. The molecule has 0 radical (unpaired) electrons. The fourth-order valence-corrected chi connectivity index (χ4v) is 1.95. The lowest BCUT2D eigenvalue weighted by Gasteiger charge is -2.14. The van der Waals surface area contributed by atoms with Crippen LogP contribution in [0.4, 0.5) is 0 Å². The zero-order chi connectivity index (χ0) is 8.93. The second-order valence-corrected chi connectivity index (χ2v) is 3.68. The molecule has 0 amide bonds. The molecule has 0 unspecified atom stereocenters. The van der Waals surface area contributed by atoms with E-state index in [2.05, 4.69) is 36.5 Å². The number of allylic oxidation sites excluding steroid dienone is 8. The summed E-state index contributed by atoms with van der Waals surface area (Å²) in [5, 5.41) is 0. The molecule has 0 saturated heterocycles. The standard InChI is InChI=1S/C13H16/c1-2-5-9-12(8-4-1)13-10-6-3-7-11-13/h1-2,4-5,8,10H,3,6-7,9,11H2. The maximum atomic E-state index is 2.42. The van der Waals surface area contributed by atoms with Gasteiger partial charge in [-0.15, -0.1) is 0 Å². The molecule has 0 aromatic carbocycles. The van der Waals surface area contributed by atoms with Gasteiger partial charge in [-0.25, -0.2) is 0 Å². The topological polar surface area (TPSA) is 0 Å².